The van der Waals surface area contributed by atoms with Gasteiger partial charge in [0, 0.05) is 17.5 Å². The molecule has 0 unspecified atom stereocenters. The van der Waals surface area contributed by atoms with Gasteiger partial charge in [0.1, 0.15) is 0 Å². The number of nitrogens with zero attached hydrogens (tertiary/aromatic N) is 1. The highest BCUT2D eigenvalue weighted by molar-refractivity contribution is 6.26. The molecule has 4 aromatic rings. The van der Waals surface area contributed by atoms with Crippen molar-refractivity contribution in [1.82, 2.24) is 0 Å². The van der Waals surface area contributed by atoms with E-state index in [-0.39, 0.29) is 29.6 Å². The number of imide groups is 1. The van der Waals surface area contributed by atoms with Crippen LogP contribution in [0.1, 0.15) is 56.9 Å². The Morgan fingerprint density at radius 2 is 1.16 bits per heavy atom. The molecule has 8 rings (SSSR count). The van der Waals surface area contributed by atoms with Crippen LogP contribution in [0.5, 0.6) is 0 Å². The molecule has 2 bridgehead atoms. The zero-order chi connectivity index (χ0) is 26.0. The summed E-state index contributed by atoms with van der Waals surface area (Å²) in [5, 5.41) is 3.00. The predicted molar refractivity (Wildman–Crippen MR) is 146 cm³/mol. The monoisotopic (exact) mass is 498 g/mol. The van der Waals surface area contributed by atoms with Crippen LogP contribution in [0.15, 0.2) is 97.1 Å². The molecule has 5 nitrogen and oxygen atoms in total. The van der Waals surface area contributed by atoms with E-state index < -0.39 is 11.8 Å². The lowest BCUT2D eigenvalue weighted by atomic mass is 9.55. The van der Waals surface area contributed by atoms with E-state index in [9.17, 15) is 14.4 Å². The summed E-state index contributed by atoms with van der Waals surface area (Å²) in [4.78, 5) is 43.1. The molecular formula is C33H26N2O3. The van der Waals surface area contributed by atoms with E-state index in [1.807, 2.05) is 55.5 Å². The maximum atomic E-state index is 14.2. The first-order valence-electron chi connectivity index (χ1n) is 13.1. The number of para-hydroxylation sites is 2. The molecule has 0 spiro atoms. The van der Waals surface area contributed by atoms with E-state index in [1.165, 1.54) is 4.90 Å². The fraction of sp³-hybridized carbons (Fsp3) is 0.182. The molecule has 1 heterocycles. The van der Waals surface area contributed by atoms with E-state index in [4.69, 9.17) is 0 Å². The lowest BCUT2D eigenvalue weighted by Crippen LogP contribution is -2.41. The number of benzene rings is 4. The molecule has 38 heavy (non-hydrogen) atoms. The zero-order valence-electron chi connectivity index (χ0n) is 20.9. The average Bonchev–Trinajstić information content (AvgIpc) is 3.23. The van der Waals surface area contributed by atoms with Crippen molar-refractivity contribution < 1.29 is 14.4 Å². The number of amides is 3. The second kappa shape index (κ2) is 8.52. The summed E-state index contributed by atoms with van der Waals surface area (Å²) in [6.45, 7) is 2.03. The van der Waals surface area contributed by atoms with Crippen LogP contribution in [0, 0.1) is 11.8 Å². The number of rotatable bonds is 4. The van der Waals surface area contributed by atoms with E-state index in [0.29, 0.717) is 11.3 Å². The van der Waals surface area contributed by atoms with Gasteiger partial charge >= 0.3 is 0 Å². The summed E-state index contributed by atoms with van der Waals surface area (Å²) >= 11 is 0. The third kappa shape index (κ3) is 3.08. The minimum atomic E-state index is -0.491. The minimum absolute atomic E-state index is 0.184. The van der Waals surface area contributed by atoms with Gasteiger partial charge in [-0.25, -0.2) is 4.90 Å². The Balaban J connectivity index is 1.31. The van der Waals surface area contributed by atoms with Crippen LogP contribution in [0.4, 0.5) is 11.4 Å². The normalized spacial score (nSPS) is 22.6. The number of carbonyl (C=O) groups is 3. The predicted octanol–water partition coefficient (Wildman–Crippen LogP) is 5.90. The van der Waals surface area contributed by atoms with Gasteiger partial charge < -0.3 is 5.32 Å². The molecule has 4 aliphatic rings. The number of aryl methyl sites for hydroxylation is 1. The molecule has 1 saturated heterocycles. The van der Waals surface area contributed by atoms with Gasteiger partial charge in [-0.2, -0.15) is 0 Å². The van der Waals surface area contributed by atoms with Crippen molar-refractivity contribution in [3.8, 4) is 0 Å². The summed E-state index contributed by atoms with van der Waals surface area (Å²) in [6, 6.07) is 31.0. The Kier molecular flexibility index (Phi) is 5.08. The van der Waals surface area contributed by atoms with Gasteiger partial charge in [-0.05, 0) is 52.4 Å². The first-order valence-corrected chi connectivity index (χ1v) is 13.1. The summed E-state index contributed by atoms with van der Waals surface area (Å²) in [7, 11) is 0. The molecule has 0 saturated carbocycles. The van der Waals surface area contributed by atoms with Gasteiger partial charge in [0.25, 0.3) is 5.91 Å². The van der Waals surface area contributed by atoms with Crippen LogP contribution in [0.2, 0.25) is 0 Å². The second-order valence-corrected chi connectivity index (χ2v) is 10.3. The molecule has 186 valence electrons. The molecule has 3 amide bonds. The quantitative estimate of drug-likeness (QED) is 0.357. The second-order valence-electron chi connectivity index (χ2n) is 10.3. The molecule has 1 fully saturated rings. The van der Waals surface area contributed by atoms with E-state index in [1.54, 1.807) is 24.3 Å². The number of hydrogen-bond donors (Lipinski definition) is 1. The van der Waals surface area contributed by atoms with Crippen LogP contribution in [-0.2, 0) is 16.0 Å². The first-order chi connectivity index (χ1) is 18.6. The summed E-state index contributed by atoms with van der Waals surface area (Å²) in [5.74, 6) is -2.15. The topological polar surface area (TPSA) is 66.5 Å². The summed E-state index contributed by atoms with van der Waals surface area (Å²) < 4.78 is 0. The maximum absolute atomic E-state index is 14.2. The van der Waals surface area contributed by atoms with Crippen LogP contribution in [-0.4, -0.2) is 17.7 Å². The maximum Gasteiger partial charge on any atom is 0.257 e. The summed E-state index contributed by atoms with van der Waals surface area (Å²) in [6.07, 6.45) is 0.772. The van der Waals surface area contributed by atoms with Gasteiger partial charge in [0.05, 0.1) is 23.1 Å². The van der Waals surface area contributed by atoms with Crippen LogP contribution < -0.4 is 10.2 Å². The SMILES string of the molecule is CCc1ccccc1NC(=O)c1ccccc1N1C(=O)[C@H]2C3c4ccccc4C(c4ccccc43)[C@@H]2C1=O. The Hall–Kier alpha value is -4.51. The average molecular weight is 499 g/mol. The third-order valence-corrected chi connectivity index (χ3v) is 8.48. The van der Waals surface area contributed by atoms with Crippen LogP contribution >= 0.6 is 0 Å². The van der Waals surface area contributed by atoms with Crippen molar-refractivity contribution in [1.29, 1.82) is 0 Å². The number of carbonyl (C=O) groups excluding carboxylic acids is 3. The third-order valence-electron chi connectivity index (χ3n) is 8.48. The Bertz CT molecular complexity index is 1530. The number of hydrogen-bond acceptors (Lipinski definition) is 3. The molecule has 4 aromatic carbocycles. The minimum Gasteiger partial charge on any atom is -0.322 e. The van der Waals surface area contributed by atoms with Gasteiger partial charge in [0.2, 0.25) is 11.8 Å². The fourth-order valence-corrected chi connectivity index (χ4v) is 6.92. The molecule has 5 heteroatoms. The van der Waals surface area contributed by atoms with Crippen LogP contribution in [0.25, 0.3) is 0 Å². The molecule has 3 aliphatic carbocycles. The smallest absolute Gasteiger partial charge is 0.257 e. The van der Waals surface area contributed by atoms with Crippen molar-refractivity contribution >= 4 is 29.1 Å². The van der Waals surface area contributed by atoms with Crippen molar-refractivity contribution in [2.24, 2.45) is 11.8 Å². The van der Waals surface area contributed by atoms with E-state index in [2.05, 4.69) is 29.6 Å². The van der Waals surface area contributed by atoms with Crippen molar-refractivity contribution in [2.45, 2.75) is 25.2 Å². The largest absolute Gasteiger partial charge is 0.322 e. The molecule has 2 atom stereocenters. The van der Waals surface area contributed by atoms with Gasteiger partial charge in [-0.15, -0.1) is 0 Å². The molecular weight excluding hydrogens is 472 g/mol. The summed E-state index contributed by atoms with van der Waals surface area (Å²) in [5.41, 5.74) is 6.91. The van der Waals surface area contributed by atoms with E-state index >= 15 is 0 Å². The van der Waals surface area contributed by atoms with Gasteiger partial charge in [-0.1, -0.05) is 85.8 Å². The van der Waals surface area contributed by atoms with Crippen molar-refractivity contribution in [3.63, 3.8) is 0 Å². The highest BCUT2D eigenvalue weighted by atomic mass is 16.2. The number of nitrogens with one attached hydrogen (secondary N) is 1. The molecule has 0 radical (unpaired) electrons. The standard InChI is InChI=1S/C33H26N2O3/c1-2-19-11-3-9-17-25(19)34-31(36)24-16-8-10-18-26(24)35-32(37)29-27-20-12-4-5-13-21(20)28(30(29)33(35)38)23-15-7-6-14-22(23)27/h3-18,27-30H,2H2,1H3,(H,34,36)/t27?,28?,29-,30-/m0/s1. The van der Waals surface area contributed by atoms with Gasteiger partial charge in [0.15, 0.2) is 0 Å². The lowest BCUT2D eigenvalue weighted by molar-refractivity contribution is -0.122. The van der Waals surface area contributed by atoms with Crippen molar-refractivity contribution in [2.75, 3.05) is 10.2 Å². The van der Waals surface area contributed by atoms with Crippen LogP contribution in [0.3, 0.4) is 0 Å². The number of anilines is 2. The van der Waals surface area contributed by atoms with E-state index in [0.717, 1.165) is 39.9 Å². The highest BCUT2D eigenvalue weighted by Gasteiger charge is 2.62. The Labute approximate surface area is 221 Å². The fourth-order valence-electron chi connectivity index (χ4n) is 6.92. The molecule has 1 aliphatic heterocycles. The Morgan fingerprint density at radius 1 is 0.684 bits per heavy atom. The molecule has 0 aromatic heterocycles. The molecule has 1 N–H and O–H groups in total. The van der Waals surface area contributed by atoms with Gasteiger partial charge in [-0.3, -0.25) is 14.4 Å². The Morgan fingerprint density at radius 3 is 1.71 bits per heavy atom. The highest BCUT2D eigenvalue weighted by Crippen LogP contribution is 2.61. The van der Waals surface area contributed by atoms with Crippen molar-refractivity contribution in [3.05, 3.63) is 130 Å². The lowest BCUT2D eigenvalue weighted by Gasteiger charge is -2.45. The zero-order valence-corrected chi connectivity index (χ0v) is 20.9. The first kappa shape index (κ1) is 22.7.